The highest BCUT2D eigenvalue weighted by Crippen LogP contribution is 2.70. The molecule has 0 aromatic carbocycles. The van der Waals surface area contributed by atoms with Crippen molar-refractivity contribution < 1.29 is 14.3 Å². The molecule has 3 aliphatic carbocycles. The Hall–Kier alpha value is -0.860. The van der Waals surface area contributed by atoms with E-state index in [4.69, 9.17) is 4.74 Å². The van der Waals surface area contributed by atoms with Crippen LogP contribution in [-0.4, -0.2) is 11.9 Å². The van der Waals surface area contributed by atoms with Crippen molar-refractivity contribution in [1.82, 2.24) is 0 Å². The average molecular weight is 178 g/mol. The molecule has 0 spiro atoms. The maximum Gasteiger partial charge on any atom is 0.317 e. The zero-order valence-corrected chi connectivity index (χ0v) is 7.10. The van der Waals surface area contributed by atoms with Gasteiger partial charge in [-0.1, -0.05) is 0 Å². The molecule has 3 heteroatoms. The third-order valence-electron chi connectivity index (χ3n) is 4.59. The Morgan fingerprint density at radius 2 is 1.31 bits per heavy atom. The van der Waals surface area contributed by atoms with Gasteiger partial charge in [0.1, 0.15) is 0 Å². The van der Waals surface area contributed by atoms with E-state index >= 15 is 0 Å². The Balaban J connectivity index is 1.84. The number of hydrogen-bond acceptors (Lipinski definition) is 3. The van der Waals surface area contributed by atoms with Gasteiger partial charge >= 0.3 is 11.9 Å². The van der Waals surface area contributed by atoms with Gasteiger partial charge in [0.25, 0.3) is 0 Å². The molecule has 0 amide bonds. The highest BCUT2D eigenvalue weighted by atomic mass is 16.6. The van der Waals surface area contributed by atoms with Crippen molar-refractivity contribution in [1.29, 1.82) is 0 Å². The summed E-state index contributed by atoms with van der Waals surface area (Å²) in [5.41, 5.74) is 0. The maximum atomic E-state index is 11.4. The highest BCUT2D eigenvalue weighted by molar-refractivity contribution is 5.97. The lowest BCUT2D eigenvalue weighted by Crippen LogP contribution is -2.26. The van der Waals surface area contributed by atoms with E-state index in [0.29, 0.717) is 11.8 Å². The number of rotatable bonds is 0. The number of esters is 2. The Morgan fingerprint density at radius 3 is 1.85 bits per heavy atom. The zero-order valence-electron chi connectivity index (χ0n) is 7.10. The molecule has 0 aromatic rings. The van der Waals surface area contributed by atoms with Crippen LogP contribution in [0.4, 0.5) is 0 Å². The number of hydrogen-bond donors (Lipinski definition) is 0. The first-order valence-corrected chi connectivity index (χ1v) is 5.03. The molecule has 1 aliphatic heterocycles. The van der Waals surface area contributed by atoms with E-state index < -0.39 is 0 Å². The fourth-order valence-corrected chi connectivity index (χ4v) is 4.12. The van der Waals surface area contributed by atoms with Gasteiger partial charge in [0.15, 0.2) is 0 Å². The summed E-state index contributed by atoms with van der Waals surface area (Å²) in [6, 6.07) is 0. The number of carbonyl (C=O) groups excluding carboxylic acids is 2. The number of cyclic esters (lactones) is 2. The smallest absolute Gasteiger partial charge is 0.317 e. The van der Waals surface area contributed by atoms with Crippen LogP contribution in [0.3, 0.4) is 0 Å². The summed E-state index contributed by atoms with van der Waals surface area (Å²) >= 11 is 0. The topological polar surface area (TPSA) is 43.4 Å². The molecular weight excluding hydrogens is 168 g/mol. The van der Waals surface area contributed by atoms with Gasteiger partial charge in [-0.15, -0.1) is 0 Å². The van der Waals surface area contributed by atoms with Crippen LogP contribution in [0, 0.1) is 35.5 Å². The van der Waals surface area contributed by atoms with Gasteiger partial charge in [-0.25, -0.2) is 0 Å². The third kappa shape index (κ3) is 0.550. The van der Waals surface area contributed by atoms with Crippen LogP contribution in [0.25, 0.3) is 0 Å². The molecule has 0 unspecified atom stereocenters. The molecule has 0 radical (unpaired) electrons. The fraction of sp³-hybridized carbons (Fsp3) is 0.800. The molecule has 68 valence electrons. The summed E-state index contributed by atoms with van der Waals surface area (Å²) in [7, 11) is 0. The average Bonchev–Trinajstić information content (AvgIpc) is 2.58. The summed E-state index contributed by atoms with van der Waals surface area (Å²) in [5, 5.41) is 0. The van der Waals surface area contributed by atoms with Gasteiger partial charge in [-0.05, 0) is 36.5 Å². The Morgan fingerprint density at radius 1 is 0.846 bits per heavy atom. The van der Waals surface area contributed by atoms with Crippen molar-refractivity contribution in [2.45, 2.75) is 12.8 Å². The second kappa shape index (κ2) is 1.68. The van der Waals surface area contributed by atoms with Crippen LogP contribution in [0.2, 0.25) is 0 Å². The second-order valence-electron chi connectivity index (χ2n) is 4.92. The lowest BCUT2D eigenvalue weighted by molar-refractivity contribution is -0.154. The van der Waals surface area contributed by atoms with E-state index in [1.54, 1.807) is 0 Å². The summed E-state index contributed by atoms with van der Waals surface area (Å²) in [6.07, 6.45) is 2.38. The predicted molar refractivity (Wildman–Crippen MR) is 41.3 cm³/mol. The molecule has 1 heterocycles. The molecule has 3 nitrogen and oxygen atoms in total. The van der Waals surface area contributed by atoms with E-state index in [1.807, 2.05) is 0 Å². The van der Waals surface area contributed by atoms with Crippen molar-refractivity contribution in [3.63, 3.8) is 0 Å². The van der Waals surface area contributed by atoms with Crippen LogP contribution in [0.15, 0.2) is 0 Å². The lowest BCUT2D eigenvalue weighted by Gasteiger charge is -2.17. The van der Waals surface area contributed by atoms with Crippen LogP contribution in [-0.2, 0) is 14.3 Å². The van der Waals surface area contributed by atoms with Crippen molar-refractivity contribution in [3.05, 3.63) is 0 Å². The fourth-order valence-electron chi connectivity index (χ4n) is 4.12. The molecule has 0 N–H and O–H groups in total. The van der Waals surface area contributed by atoms with Crippen LogP contribution in [0.5, 0.6) is 0 Å². The monoisotopic (exact) mass is 178 g/mol. The van der Waals surface area contributed by atoms with Crippen molar-refractivity contribution >= 4 is 11.9 Å². The molecule has 4 rings (SSSR count). The number of fused-ring (bicyclic) bond motifs is 8. The highest BCUT2D eigenvalue weighted by Gasteiger charge is 2.71. The molecule has 6 atom stereocenters. The van der Waals surface area contributed by atoms with E-state index in [1.165, 1.54) is 6.42 Å². The lowest BCUT2D eigenvalue weighted by atomic mass is 9.81. The third-order valence-corrected chi connectivity index (χ3v) is 4.59. The van der Waals surface area contributed by atoms with Crippen molar-refractivity contribution in [2.75, 3.05) is 0 Å². The summed E-state index contributed by atoms with van der Waals surface area (Å²) in [5.74, 6) is 2.00. The van der Waals surface area contributed by atoms with E-state index in [0.717, 1.165) is 18.3 Å². The molecular formula is C10H10O3. The molecule has 13 heavy (non-hydrogen) atoms. The van der Waals surface area contributed by atoms with Gasteiger partial charge in [0, 0.05) is 0 Å². The zero-order chi connectivity index (χ0) is 8.74. The van der Waals surface area contributed by atoms with E-state index in [2.05, 4.69) is 0 Å². The van der Waals surface area contributed by atoms with Gasteiger partial charge in [0.2, 0.25) is 0 Å². The summed E-state index contributed by atoms with van der Waals surface area (Å²) in [4.78, 5) is 22.8. The molecule has 4 fully saturated rings. The SMILES string of the molecule is O=C1OC(=O)[C@H]2[C@@H]3C[C@@H]([C@H]4C[C@H]43)[C@@H]12. The standard InChI is InChI=1S/C10H10O3/c11-9-7-5-2-6(4-1-3(4)5)8(7)10(12)13-9/h3-8H,1-2H2/t3-,4+,5-,6+,7+,8-. The number of ether oxygens (including phenoxy) is 1. The van der Waals surface area contributed by atoms with Crippen LogP contribution in [0.1, 0.15) is 12.8 Å². The van der Waals surface area contributed by atoms with Gasteiger partial charge in [-0.2, -0.15) is 0 Å². The largest absolute Gasteiger partial charge is 0.393 e. The van der Waals surface area contributed by atoms with Gasteiger partial charge < -0.3 is 4.74 Å². The maximum absolute atomic E-state index is 11.4. The predicted octanol–water partition coefficient (Wildman–Crippen LogP) is 0.588. The molecule has 4 aliphatic rings. The minimum atomic E-state index is -0.229. The molecule has 0 aromatic heterocycles. The first-order chi connectivity index (χ1) is 6.27. The van der Waals surface area contributed by atoms with E-state index in [-0.39, 0.29) is 23.8 Å². The molecule has 1 saturated heterocycles. The van der Waals surface area contributed by atoms with Crippen LogP contribution >= 0.6 is 0 Å². The first-order valence-electron chi connectivity index (χ1n) is 5.03. The van der Waals surface area contributed by atoms with Crippen LogP contribution < -0.4 is 0 Å². The van der Waals surface area contributed by atoms with Crippen molar-refractivity contribution in [2.24, 2.45) is 35.5 Å². The Labute approximate surface area is 75.4 Å². The number of carbonyl (C=O) groups is 2. The summed E-state index contributed by atoms with van der Waals surface area (Å²) < 4.78 is 4.70. The molecule has 2 bridgehead atoms. The minimum absolute atomic E-state index is 0.0405. The molecule has 3 saturated carbocycles. The van der Waals surface area contributed by atoms with Gasteiger partial charge in [-0.3, -0.25) is 9.59 Å². The summed E-state index contributed by atoms with van der Waals surface area (Å²) in [6.45, 7) is 0. The minimum Gasteiger partial charge on any atom is -0.393 e. The normalized spacial score (nSPS) is 60.6. The second-order valence-corrected chi connectivity index (χ2v) is 4.92. The van der Waals surface area contributed by atoms with Crippen molar-refractivity contribution in [3.8, 4) is 0 Å². The Bertz CT molecular complexity index is 305. The van der Waals surface area contributed by atoms with E-state index in [9.17, 15) is 9.59 Å². The first kappa shape index (κ1) is 6.57. The Kier molecular flexibility index (Phi) is 0.848. The quantitative estimate of drug-likeness (QED) is 0.402. The van der Waals surface area contributed by atoms with Gasteiger partial charge in [0.05, 0.1) is 11.8 Å².